The van der Waals surface area contributed by atoms with Crippen LogP contribution >= 0.6 is 0 Å². The van der Waals surface area contributed by atoms with Gasteiger partial charge in [-0.3, -0.25) is 4.90 Å². The quantitative estimate of drug-likeness (QED) is 0.873. The zero-order valence-electron chi connectivity index (χ0n) is 12.9. The van der Waals surface area contributed by atoms with E-state index in [0.29, 0.717) is 11.9 Å². The number of hydrogen-bond donors (Lipinski definition) is 1. The lowest BCUT2D eigenvalue weighted by molar-refractivity contribution is 0.0343. The van der Waals surface area contributed by atoms with Gasteiger partial charge in [0.2, 0.25) is 12.2 Å². The van der Waals surface area contributed by atoms with E-state index in [1.165, 1.54) is 12.0 Å². The SMILES string of the molecule is CC(CN1CCOCC1)NCc1ccc(-c2ncon2)cc1. The Balaban J connectivity index is 1.46. The van der Waals surface area contributed by atoms with E-state index in [4.69, 9.17) is 9.26 Å². The number of ether oxygens (including phenoxy) is 1. The van der Waals surface area contributed by atoms with Gasteiger partial charge in [-0.2, -0.15) is 4.98 Å². The van der Waals surface area contributed by atoms with E-state index in [2.05, 4.69) is 39.4 Å². The third-order valence-corrected chi connectivity index (χ3v) is 3.86. The van der Waals surface area contributed by atoms with Gasteiger partial charge in [0.1, 0.15) is 0 Å². The largest absolute Gasteiger partial charge is 0.379 e. The maximum Gasteiger partial charge on any atom is 0.214 e. The first-order valence-electron chi connectivity index (χ1n) is 7.70. The molecule has 0 saturated carbocycles. The molecule has 2 aromatic rings. The molecule has 1 aromatic heterocycles. The van der Waals surface area contributed by atoms with Crippen LogP contribution in [0.5, 0.6) is 0 Å². The first-order valence-corrected chi connectivity index (χ1v) is 7.70. The van der Waals surface area contributed by atoms with Crippen LogP contribution in [0.15, 0.2) is 35.2 Å². The third-order valence-electron chi connectivity index (χ3n) is 3.86. The summed E-state index contributed by atoms with van der Waals surface area (Å²) in [5, 5.41) is 7.41. The molecule has 1 atom stereocenters. The summed E-state index contributed by atoms with van der Waals surface area (Å²) in [6.45, 7) is 7.91. The molecule has 3 rings (SSSR count). The summed E-state index contributed by atoms with van der Waals surface area (Å²) in [7, 11) is 0. The van der Waals surface area contributed by atoms with Crippen molar-refractivity contribution in [3.05, 3.63) is 36.2 Å². The summed E-state index contributed by atoms with van der Waals surface area (Å²) in [5.74, 6) is 0.625. The average Bonchev–Trinajstić information content (AvgIpc) is 3.09. The van der Waals surface area contributed by atoms with Crippen LogP contribution in [0.1, 0.15) is 12.5 Å². The molecule has 1 aliphatic rings. The first kappa shape index (κ1) is 15.1. The van der Waals surface area contributed by atoms with Gasteiger partial charge < -0.3 is 14.6 Å². The van der Waals surface area contributed by atoms with Crippen molar-refractivity contribution in [1.29, 1.82) is 0 Å². The summed E-state index contributed by atoms with van der Waals surface area (Å²) < 4.78 is 10.1. The molecule has 6 nitrogen and oxygen atoms in total. The number of benzene rings is 1. The summed E-state index contributed by atoms with van der Waals surface area (Å²) >= 11 is 0. The lowest BCUT2D eigenvalue weighted by Gasteiger charge is -2.29. The Labute approximate surface area is 130 Å². The minimum Gasteiger partial charge on any atom is -0.379 e. The van der Waals surface area contributed by atoms with Gasteiger partial charge in [-0.15, -0.1) is 0 Å². The Hall–Kier alpha value is -1.76. The van der Waals surface area contributed by atoms with Crippen LogP contribution in [-0.2, 0) is 11.3 Å². The molecule has 1 fully saturated rings. The molecule has 1 aromatic carbocycles. The molecule has 0 radical (unpaired) electrons. The van der Waals surface area contributed by atoms with E-state index in [-0.39, 0.29) is 0 Å². The predicted octanol–water partition coefficient (Wildman–Crippen LogP) is 1.55. The fourth-order valence-corrected chi connectivity index (χ4v) is 2.60. The molecule has 2 heterocycles. The van der Waals surface area contributed by atoms with Gasteiger partial charge in [-0.05, 0) is 12.5 Å². The maximum absolute atomic E-state index is 5.37. The third kappa shape index (κ3) is 4.13. The highest BCUT2D eigenvalue weighted by molar-refractivity contribution is 5.54. The first-order chi connectivity index (χ1) is 10.8. The highest BCUT2D eigenvalue weighted by atomic mass is 16.5. The van der Waals surface area contributed by atoms with Crippen molar-refractivity contribution in [1.82, 2.24) is 20.4 Å². The van der Waals surface area contributed by atoms with Gasteiger partial charge in [0, 0.05) is 37.8 Å². The lowest BCUT2D eigenvalue weighted by atomic mass is 10.1. The van der Waals surface area contributed by atoms with Crippen molar-refractivity contribution in [3.63, 3.8) is 0 Å². The second kappa shape index (κ2) is 7.49. The number of morpholine rings is 1. The summed E-state index contributed by atoms with van der Waals surface area (Å²) in [6, 6.07) is 8.69. The molecule has 0 amide bonds. The topological polar surface area (TPSA) is 63.4 Å². The van der Waals surface area contributed by atoms with Gasteiger partial charge in [0.25, 0.3) is 0 Å². The van der Waals surface area contributed by atoms with Gasteiger partial charge in [0.15, 0.2) is 0 Å². The number of rotatable bonds is 6. The number of hydrogen-bond acceptors (Lipinski definition) is 6. The lowest BCUT2D eigenvalue weighted by Crippen LogP contribution is -2.44. The van der Waals surface area contributed by atoms with Crippen LogP contribution in [0.25, 0.3) is 11.4 Å². The van der Waals surface area contributed by atoms with E-state index in [9.17, 15) is 0 Å². The zero-order valence-corrected chi connectivity index (χ0v) is 12.9. The van der Waals surface area contributed by atoms with Crippen molar-refractivity contribution in [2.24, 2.45) is 0 Å². The molecule has 118 valence electrons. The zero-order chi connectivity index (χ0) is 15.2. The molecule has 1 saturated heterocycles. The molecule has 6 heteroatoms. The van der Waals surface area contributed by atoms with E-state index in [0.717, 1.165) is 45.0 Å². The molecule has 22 heavy (non-hydrogen) atoms. The maximum atomic E-state index is 5.37. The van der Waals surface area contributed by atoms with Crippen LogP contribution < -0.4 is 5.32 Å². The Bertz CT molecular complexity index is 550. The van der Waals surface area contributed by atoms with Crippen molar-refractivity contribution >= 4 is 0 Å². The normalized spacial score (nSPS) is 17.5. The van der Waals surface area contributed by atoms with Crippen molar-refractivity contribution < 1.29 is 9.26 Å². The van der Waals surface area contributed by atoms with Crippen LogP contribution in [0, 0.1) is 0 Å². The standard InChI is InChI=1S/C16H22N4O2/c1-13(11-20-6-8-21-9-7-20)17-10-14-2-4-15(5-3-14)16-18-12-22-19-16/h2-5,12-13,17H,6-11H2,1H3. The van der Waals surface area contributed by atoms with E-state index < -0.39 is 0 Å². The van der Waals surface area contributed by atoms with Gasteiger partial charge in [0.05, 0.1) is 13.2 Å². The minimum absolute atomic E-state index is 0.454. The molecule has 1 N–H and O–H groups in total. The fourth-order valence-electron chi connectivity index (χ4n) is 2.60. The van der Waals surface area contributed by atoms with Crippen molar-refractivity contribution in [2.75, 3.05) is 32.8 Å². The smallest absolute Gasteiger partial charge is 0.214 e. The summed E-state index contributed by atoms with van der Waals surface area (Å²) in [4.78, 5) is 6.49. The van der Waals surface area contributed by atoms with Gasteiger partial charge in [-0.1, -0.05) is 29.4 Å². The molecule has 1 aliphatic heterocycles. The Morgan fingerprint density at radius 1 is 1.23 bits per heavy atom. The number of nitrogens with zero attached hydrogens (tertiary/aromatic N) is 3. The number of aromatic nitrogens is 2. The summed E-state index contributed by atoms with van der Waals surface area (Å²) in [5.41, 5.74) is 2.22. The minimum atomic E-state index is 0.454. The fraction of sp³-hybridized carbons (Fsp3) is 0.500. The Morgan fingerprint density at radius 3 is 2.68 bits per heavy atom. The van der Waals surface area contributed by atoms with Crippen LogP contribution in [0.4, 0.5) is 0 Å². The Kier molecular flexibility index (Phi) is 5.15. The van der Waals surface area contributed by atoms with Crippen molar-refractivity contribution in [2.45, 2.75) is 19.5 Å². The van der Waals surface area contributed by atoms with Crippen LogP contribution in [0.3, 0.4) is 0 Å². The summed E-state index contributed by atoms with van der Waals surface area (Å²) in [6.07, 6.45) is 1.35. The highest BCUT2D eigenvalue weighted by Crippen LogP contribution is 2.15. The van der Waals surface area contributed by atoms with Crippen molar-refractivity contribution in [3.8, 4) is 11.4 Å². The van der Waals surface area contributed by atoms with Gasteiger partial charge >= 0.3 is 0 Å². The van der Waals surface area contributed by atoms with Crippen LogP contribution in [0.2, 0.25) is 0 Å². The van der Waals surface area contributed by atoms with Gasteiger partial charge in [-0.25, -0.2) is 0 Å². The second-order valence-corrected chi connectivity index (χ2v) is 5.65. The molecule has 0 spiro atoms. The molecule has 1 unspecified atom stereocenters. The van der Waals surface area contributed by atoms with E-state index in [1.54, 1.807) is 0 Å². The highest BCUT2D eigenvalue weighted by Gasteiger charge is 2.13. The Morgan fingerprint density at radius 2 is 2.00 bits per heavy atom. The van der Waals surface area contributed by atoms with Crippen LogP contribution in [-0.4, -0.2) is 53.9 Å². The number of nitrogens with one attached hydrogen (secondary N) is 1. The second-order valence-electron chi connectivity index (χ2n) is 5.65. The monoisotopic (exact) mass is 302 g/mol. The molecular weight excluding hydrogens is 280 g/mol. The van der Waals surface area contributed by atoms with E-state index >= 15 is 0 Å². The molecular formula is C16H22N4O2. The average molecular weight is 302 g/mol. The molecule has 0 aliphatic carbocycles. The molecule has 0 bridgehead atoms. The van der Waals surface area contributed by atoms with E-state index in [1.807, 2.05) is 12.1 Å². The predicted molar refractivity (Wildman–Crippen MR) is 83.3 cm³/mol.